The van der Waals surface area contributed by atoms with Crippen LogP contribution in [0.15, 0.2) is 39.8 Å². The first kappa shape index (κ1) is 19.0. The van der Waals surface area contributed by atoms with Gasteiger partial charge in [-0.3, -0.25) is 10.1 Å². The molecule has 0 spiro atoms. The fourth-order valence-electron chi connectivity index (χ4n) is 2.24. The monoisotopic (exact) mass is 411 g/mol. The summed E-state index contributed by atoms with van der Waals surface area (Å²) in [6.07, 6.45) is 0. The summed E-state index contributed by atoms with van der Waals surface area (Å²) in [5.74, 6) is -5.03. The Morgan fingerprint density at radius 1 is 1.14 bits per heavy atom. The first-order chi connectivity index (χ1) is 13.1. The quantitative estimate of drug-likeness (QED) is 0.243. The highest BCUT2D eigenvalue weighted by atomic mass is 32.2. The summed E-state index contributed by atoms with van der Waals surface area (Å²) in [5.41, 5.74) is -0.943. The Morgan fingerprint density at radius 3 is 2.50 bits per heavy atom. The second kappa shape index (κ2) is 6.77. The maximum Gasteiger partial charge on any atom is 0.315 e. The van der Waals surface area contributed by atoms with Gasteiger partial charge in [-0.1, -0.05) is 5.16 Å². The van der Waals surface area contributed by atoms with Crippen molar-refractivity contribution in [2.75, 3.05) is 0 Å². The van der Waals surface area contributed by atoms with Gasteiger partial charge in [0.1, 0.15) is 5.75 Å². The molecular weight excluding hydrogens is 401 g/mol. The molecule has 0 saturated carbocycles. The number of aromatic nitrogens is 2. The van der Waals surface area contributed by atoms with Gasteiger partial charge in [0.2, 0.25) is 5.75 Å². The number of phenolic OH excluding ortho intramolecular Hbond substituents is 3. The van der Waals surface area contributed by atoms with E-state index < -0.39 is 49.3 Å². The zero-order valence-electron chi connectivity index (χ0n) is 13.6. The van der Waals surface area contributed by atoms with Crippen LogP contribution in [0.2, 0.25) is 0 Å². The van der Waals surface area contributed by atoms with Crippen LogP contribution >= 0.6 is 0 Å². The van der Waals surface area contributed by atoms with Crippen LogP contribution in [0.5, 0.6) is 17.2 Å². The molecular formula is C15H10FN3O8S. The number of nitro benzene ring substituents is 1. The average molecular weight is 411 g/mol. The lowest BCUT2D eigenvalue weighted by Gasteiger charge is -2.03. The van der Waals surface area contributed by atoms with E-state index in [4.69, 9.17) is 4.52 Å². The van der Waals surface area contributed by atoms with Crippen LogP contribution in [0.25, 0.3) is 11.5 Å². The molecule has 0 unspecified atom stereocenters. The molecule has 28 heavy (non-hydrogen) atoms. The zero-order chi connectivity index (χ0) is 20.6. The highest BCUT2D eigenvalue weighted by Crippen LogP contribution is 2.39. The lowest BCUT2D eigenvalue weighted by atomic mass is 10.1. The van der Waals surface area contributed by atoms with Crippen molar-refractivity contribution in [2.45, 2.75) is 10.6 Å². The SMILES string of the molecule is O=[N+]([O-])c1cc(-c2nc(CS(=O)(=O)c3ccc(F)c(O)c3)no2)cc(O)c1O. The van der Waals surface area contributed by atoms with Crippen molar-refractivity contribution in [1.82, 2.24) is 10.1 Å². The first-order valence-corrected chi connectivity index (χ1v) is 8.98. The lowest BCUT2D eigenvalue weighted by molar-refractivity contribution is -0.385. The molecule has 0 fully saturated rings. The molecule has 0 aliphatic heterocycles. The van der Waals surface area contributed by atoms with Crippen molar-refractivity contribution in [3.63, 3.8) is 0 Å². The Hall–Kier alpha value is -3.74. The highest BCUT2D eigenvalue weighted by molar-refractivity contribution is 7.90. The third kappa shape index (κ3) is 3.55. The number of nitro groups is 1. The molecule has 1 heterocycles. The summed E-state index contributed by atoms with van der Waals surface area (Å²) >= 11 is 0. The van der Waals surface area contributed by atoms with Crippen molar-refractivity contribution in [3.8, 4) is 28.7 Å². The summed E-state index contributed by atoms with van der Waals surface area (Å²) in [4.78, 5) is 13.4. The first-order valence-electron chi connectivity index (χ1n) is 7.33. The molecule has 3 rings (SSSR count). The molecule has 11 nitrogen and oxygen atoms in total. The minimum Gasteiger partial charge on any atom is -0.505 e. The van der Waals surface area contributed by atoms with Gasteiger partial charge >= 0.3 is 5.69 Å². The minimum atomic E-state index is -4.07. The van der Waals surface area contributed by atoms with Crippen molar-refractivity contribution in [1.29, 1.82) is 0 Å². The average Bonchev–Trinajstić information content (AvgIpc) is 3.07. The molecule has 2 aromatic carbocycles. The van der Waals surface area contributed by atoms with Gasteiger partial charge in [-0.05, 0) is 18.2 Å². The number of hydrogen-bond acceptors (Lipinski definition) is 10. The maximum absolute atomic E-state index is 13.1. The number of benzene rings is 2. The van der Waals surface area contributed by atoms with Crippen molar-refractivity contribution in [3.05, 3.63) is 52.1 Å². The lowest BCUT2D eigenvalue weighted by Crippen LogP contribution is -2.06. The Kier molecular flexibility index (Phi) is 4.60. The summed E-state index contributed by atoms with van der Waals surface area (Å²) in [6.45, 7) is 0. The Morgan fingerprint density at radius 2 is 1.86 bits per heavy atom. The molecule has 0 aliphatic rings. The van der Waals surface area contributed by atoms with E-state index in [0.717, 1.165) is 30.3 Å². The van der Waals surface area contributed by atoms with Gasteiger partial charge in [-0.25, -0.2) is 12.8 Å². The maximum atomic E-state index is 13.1. The Balaban J connectivity index is 1.92. The molecule has 0 amide bonds. The molecule has 0 bridgehead atoms. The second-order valence-electron chi connectivity index (χ2n) is 5.51. The third-order valence-electron chi connectivity index (χ3n) is 3.58. The van der Waals surface area contributed by atoms with E-state index in [1.807, 2.05) is 0 Å². The number of phenols is 3. The van der Waals surface area contributed by atoms with Crippen molar-refractivity contribution in [2.24, 2.45) is 0 Å². The van der Waals surface area contributed by atoms with Gasteiger partial charge < -0.3 is 19.8 Å². The van der Waals surface area contributed by atoms with E-state index in [1.54, 1.807) is 0 Å². The number of nitrogens with zero attached hydrogens (tertiary/aromatic N) is 3. The van der Waals surface area contributed by atoms with E-state index in [-0.39, 0.29) is 22.2 Å². The van der Waals surface area contributed by atoms with Crippen molar-refractivity contribution >= 4 is 15.5 Å². The van der Waals surface area contributed by atoms with Crippen LogP contribution < -0.4 is 0 Å². The summed E-state index contributed by atoms with van der Waals surface area (Å²) in [7, 11) is -4.07. The smallest absolute Gasteiger partial charge is 0.315 e. The second-order valence-corrected chi connectivity index (χ2v) is 7.50. The van der Waals surface area contributed by atoms with Crippen LogP contribution in [-0.4, -0.2) is 38.8 Å². The van der Waals surface area contributed by atoms with Crippen LogP contribution in [-0.2, 0) is 15.6 Å². The number of sulfone groups is 1. The molecule has 0 saturated heterocycles. The molecule has 13 heteroatoms. The topological polar surface area (TPSA) is 177 Å². The predicted octanol–water partition coefficient (Wildman–Crippen LogP) is 1.87. The van der Waals surface area contributed by atoms with Crippen LogP contribution in [0.1, 0.15) is 5.82 Å². The number of aromatic hydroxyl groups is 3. The minimum absolute atomic E-state index is 0.127. The van der Waals surface area contributed by atoms with E-state index in [9.17, 15) is 38.2 Å². The molecule has 0 atom stereocenters. The molecule has 0 radical (unpaired) electrons. The number of halogens is 1. The normalized spacial score (nSPS) is 11.5. The van der Waals surface area contributed by atoms with Crippen LogP contribution in [0.4, 0.5) is 10.1 Å². The van der Waals surface area contributed by atoms with Crippen molar-refractivity contribution < 1.29 is 37.6 Å². The standard InChI is InChI=1S/C15H10FN3O8S/c16-9-2-1-8(5-11(9)20)28(25,26)6-13-17-15(27-18-13)7-3-10(19(23)24)14(22)12(21)4-7/h1-5,20-22H,6H2. The summed E-state index contributed by atoms with van der Waals surface area (Å²) in [5, 5.41) is 42.7. The fourth-order valence-corrected chi connectivity index (χ4v) is 3.43. The number of rotatable bonds is 5. The Bertz CT molecular complexity index is 1190. The molecule has 146 valence electrons. The van der Waals surface area contributed by atoms with E-state index in [0.29, 0.717) is 0 Å². The van der Waals surface area contributed by atoms with E-state index >= 15 is 0 Å². The number of hydrogen-bond donors (Lipinski definition) is 3. The van der Waals surface area contributed by atoms with E-state index in [2.05, 4.69) is 10.1 Å². The van der Waals surface area contributed by atoms with E-state index in [1.165, 1.54) is 0 Å². The predicted molar refractivity (Wildman–Crippen MR) is 88.7 cm³/mol. The fraction of sp³-hybridized carbons (Fsp3) is 0.0667. The van der Waals surface area contributed by atoms with Gasteiger partial charge in [0.05, 0.1) is 15.4 Å². The highest BCUT2D eigenvalue weighted by Gasteiger charge is 2.24. The zero-order valence-corrected chi connectivity index (χ0v) is 14.4. The van der Waals surface area contributed by atoms with Gasteiger partial charge in [-0.2, -0.15) is 4.98 Å². The largest absolute Gasteiger partial charge is 0.505 e. The summed E-state index contributed by atoms with van der Waals surface area (Å²) in [6, 6.07) is 4.24. The van der Waals surface area contributed by atoms with Gasteiger partial charge in [-0.15, -0.1) is 0 Å². The molecule has 0 aliphatic carbocycles. The Labute approximate surface area is 155 Å². The van der Waals surface area contributed by atoms with Gasteiger partial charge in [0, 0.05) is 12.1 Å². The molecule has 3 N–H and O–H groups in total. The molecule has 1 aromatic heterocycles. The van der Waals surface area contributed by atoms with Gasteiger partial charge in [0.25, 0.3) is 5.89 Å². The van der Waals surface area contributed by atoms with Gasteiger partial charge in [0.15, 0.2) is 33.0 Å². The van der Waals surface area contributed by atoms with Crippen LogP contribution in [0, 0.1) is 15.9 Å². The summed E-state index contributed by atoms with van der Waals surface area (Å²) < 4.78 is 42.6. The molecule has 3 aromatic rings. The van der Waals surface area contributed by atoms with Crippen LogP contribution in [0.3, 0.4) is 0 Å². The third-order valence-corrected chi connectivity index (χ3v) is 5.19.